The molecule has 0 aromatic carbocycles. The van der Waals surface area contributed by atoms with E-state index < -0.39 is 18.2 Å². The van der Waals surface area contributed by atoms with Gasteiger partial charge in [0.25, 0.3) is 0 Å². The van der Waals surface area contributed by atoms with Crippen molar-refractivity contribution in [2.75, 3.05) is 0 Å². The Labute approximate surface area is 157 Å². The van der Waals surface area contributed by atoms with Gasteiger partial charge in [-0.05, 0) is 32.1 Å². The smallest absolute Gasteiger partial charge is 0.303 e. The van der Waals surface area contributed by atoms with Crippen molar-refractivity contribution in [3.63, 3.8) is 0 Å². The molecule has 2 atom stereocenters. The zero-order chi connectivity index (χ0) is 19.5. The van der Waals surface area contributed by atoms with Gasteiger partial charge < -0.3 is 15.3 Å². The molecule has 26 heavy (non-hydrogen) atoms. The molecule has 0 fully saturated rings. The average Bonchev–Trinajstić information content (AvgIpc) is 2.61. The quantitative estimate of drug-likeness (QED) is 0.242. The zero-order valence-corrected chi connectivity index (χ0v) is 15.6. The first-order valence-electron chi connectivity index (χ1n) is 9.12. The average molecular weight is 360 g/mol. The van der Waals surface area contributed by atoms with Crippen LogP contribution in [0.1, 0.15) is 45.4 Å². The molecule has 0 aliphatic rings. The van der Waals surface area contributed by atoms with Crippen LogP contribution >= 0.6 is 0 Å². The summed E-state index contributed by atoms with van der Waals surface area (Å²) in [5.41, 5.74) is 0. The molecule has 0 aromatic rings. The van der Waals surface area contributed by atoms with Crippen LogP contribution in [-0.2, 0) is 4.79 Å². The molecule has 0 rings (SSSR count). The van der Waals surface area contributed by atoms with Crippen LogP contribution in [0.15, 0.2) is 72.9 Å². The highest BCUT2D eigenvalue weighted by Crippen LogP contribution is 2.00. The highest BCUT2D eigenvalue weighted by molar-refractivity contribution is 5.66. The van der Waals surface area contributed by atoms with Crippen LogP contribution in [0.5, 0.6) is 0 Å². The number of hydrogen-bond donors (Lipinski definition) is 3. The number of aliphatic carboxylic acids is 1. The third-order valence-corrected chi connectivity index (χ3v) is 3.32. The van der Waals surface area contributed by atoms with Gasteiger partial charge >= 0.3 is 5.97 Å². The molecule has 144 valence electrons. The number of carbonyl (C=O) groups is 1. The van der Waals surface area contributed by atoms with Gasteiger partial charge in [0.1, 0.15) is 0 Å². The van der Waals surface area contributed by atoms with Crippen LogP contribution in [0.4, 0.5) is 0 Å². The van der Waals surface area contributed by atoms with Crippen molar-refractivity contribution in [2.45, 2.75) is 57.7 Å². The Bertz CT molecular complexity index is 524. The summed E-state index contributed by atoms with van der Waals surface area (Å²) >= 11 is 0. The highest BCUT2D eigenvalue weighted by atomic mass is 16.4. The fourth-order valence-corrected chi connectivity index (χ4v) is 1.90. The fraction of sp³-hybridized carbons (Fsp3) is 0.409. The molecule has 3 N–H and O–H groups in total. The Kier molecular flexibility index (Phi) is 16.2. The van der Waals surface area contributed by atoms with Gasteiger partial charge in [-0.3, -0.25) is 4.79 Å². The molecule has 0 spiro atoms. The molecule has 0 radical (unpaired) electrons. The van der Waals surface area contributed by atoms with Gasteiger partial charge in [0.2, 0.25) is 0 Å². The van der Waals surface area contributed by atoms with Crippen LogP contribution in [0.2, 0.25) is 0 Å². The molecule has 2 unspecified atom stereocenters. The van der Waals surface area contributed by atoms with Crippen LogP contribution in [0.25, 0.3) is 0 Å². The second-order valence-corrected chi connectivity index (χ2v) is 5.77. The molecule has 0 bridgehead atoms. The second kappa shape index (κ2) is 17.6. The van der Waals surface area contributed by atoms with Crippen molar-refractivity contribution < 1.29 is 20.1 Å². The predicted molar refractivity (Wildman–Crippen MR) is 108 cm³/mol. The summed E-state index contributed by atoms with van der Waals surface area (Å²) in [5.74, 6) is -0.902. The number of carboxylic acids is 1. The molecular formula is C22H32O4. The first-order chi connectivity index (χ1) is 12.6. The van der Waals surface area contributed by atoms with Gasteiger partial charge in [-0.25, -0.2) is 0 Å². The van der Waals surface area contributed by atoms with E-state index in [9.17, 15) is 15.0 Å². The van der Waals surface area contributed by atoms with Gasteiger partial charge in [-0.2, -0.15) is 0 Å². The summed E-state index contributed by atoms with van der Waals surface area (Å²) in [6, 6.07) is 0. The standard InChI is InChI=1S/C22H32O4/c1-2-3-12-15-20(23)16-13-10-8-6-4-5-7-9-11-14-17-21(24)18-19-22(25)26/h3,5,7-14,16-17,20-21,23-24H,2,4,6,15,18-19H2,1H3,(H,25,26). The van der Waals surface area contributed by atoms with Crippen LogP contribution < -0.4 is 0 Å². The molecule has 4 nitrogen and oxygen atoms in total. The summed E-state index contributed by atoms with van der Waals surface area (Å²) in [5, 5.41) is 27.7. The largest absolute Gasteiger partial charge is 0.481 e. The molecule has 0 saturated carbocycles. The van der Waals surface area contributed by atoms with E-state index in [1.54, 1.807) is 24.3 Å². The van der Waals surface area contributed by atoms with Crippen molar-refractivity contribution in [2.24, 2.45) is 0 Å². The van der Waals surface area contributed by atoms with Gasteiger partial charge in [0.15, 0.2) is 0 Å². The fourth-order valence-electron chi connectivity index (χ4n) is 1.90. The van der Waals surface area contributed by atoms with E-state index in [4.69, 9.17) is 5.11 Å². The topological polar surface area (TPSA) is 77.8 Å². The molecule has 0 saturated heterocycles. The van der Waals surface area contributed by atoms with Crippen LogP contribution in [0, 0.1) is 0 Å². The van der Waals surface area contributed by atoms with E-state index >= 15 is 0 Å². The Morgan fingerprint density at radius 3 is 2.04 bits per heavy atom. The number of unbranched alkanes of at least 4 members (excludes halogenated alkanes) is 1. The number of aliphatic hydroxyl groups excluding tert-OH is 2. The van der Waals surface area contributed by atoms with Crippen molar-refractivity contribution >= 4 is 5.97 Å². The Balaban J connectivity index is 3.80. The Hall–Kier alpha value is -2.17. The minimum absolute atomic E-state index is 0.0350. The number of hydrogen-bond acceptors (Lipinski definition) is 3. The molecule has 0 amide bonds. The maximum absolute atomic E-state index is 10.4. The van der Waals surface area contributed by atoms with Gasteiger partial charge in [-0.15, -0.1) is 0 Å². The van der Waals surface area contributed by atoms with E-state index in [2.05, 4.69) is 13.0 Å². The lowest BCUT2D eigenvalue weighted by Crippen LogP contribution is -2.05. The van der Waals surface area contributed by atoms with Gasteiger partial charge in [-0.1, -0.05) is 79.8 Å². The van der Waals surface area contributed by atoms with Crippen LogP contribution in [-0.4, -0.2) is 33.5 Å². The van der Waals surface area contributed by atoms with Gasteiger partial charge in [0, 0.05) is 6.42 Å². The van der Waals surface area contributed by atoms with E-state index in [1.807, 2.05) is 42.5 Å². The molecule has 0 aliphatic heterocycles. The summed E-state index contributed by atoms with van der Waals surface area (Å²) in [4.78, 5) is 10.4. The lowest BCUT2D eigenvalue weighted by atomic mass is 10.2. The van der Waals surface area contributed by atoms with Crippen LogP contribution in [0.3, 0.4) is 0 Å². The summed E-state index contributed by atoms with van der Waals surface area (Å²) < 4.78 is 0. The summed E-state index contributed by atoms with van der Waals surface area (Å²) in [6.07, 6.45) is 25.1. The second-order valence-electron chi connectivity index (χ2n) is 5.77. The summed E-state index contributed by atoms with van der Waals surface area (Å²) in [7, 11) is 0. The minimum atomic E-state index is -0.902. The lowest BCUT2D eigenvalue weighted by molar-refractivity contribution is -0.137. The van der Waals surface area contributed by atoms with E-state index in [0.717, 1.165) is 19.3 Å². The molecule has 0 heterocycles. The third kappa shape index (κ3) is 18.2. The monoisotopic (exact) mass is 360 g/mol. The maximum Gasteiger partial charge on any atom is 0.303 e. The maximum atomic E-state index is 10.4. The van der Waals surface area contributed by atoms with E-state index in [1.165, 1.54) is 0 Å². The molecule has 0 aromatic heterocycles. The Morgan fingerprint density at radius 2 is 1.38 bits per heavy atom. The first kappa shape index (κ1) is 23.8. The number of carboxylic acid groups (broad SMARTS) is 1. The van der Waals surface area contributed by atoms with Crippen molar-refractivity contribution in [1.82, 2.24) is 0 Å². The van der Waals surface area contributed by atoms with Crippen molar-refractivity contribution in [1.29, 1.82) is 0 Å². The third-order valence-electron chi connectivity index (χ3n) is 3.32. The molecular weight excluding hydrogens is 328 g/mol. The minimum Gasteiger partial charge on any atom is -0.481 e. The number of rotatable bonds is 14. The van der Waals surface area contributed by atoms with E-state index in [-0.39, 0.29) is 12.8 Å². The number of allylic oxidation sites excluding steroid dienone is 9. The highest BCUT2D eigenvalue weighted by Gasteiger charge is 2.02. The lowest BCUT2D eigenvalue weighted by Gasteiger charge is -2.00. The van der Waals surface area contributed by atoms with Crippen molar-refractivity contribution in [3.8, 4) is 0 Å². The zero-order valence-electron chi connectivity index (χ0n) is 15.6. The van der Waals surface area contributed by atoms with E-state index in [0.29, 0.717) is 6.42 Å². The summed E-state index contributed by atoms with van der Waals surface area (Å²) in [6.45, 7) is 2.07. The Morgan fingerprint density at radius 1 is 0.808 bits per heavy atom. The predicted octanol–water partition coefficient (Wildman–Crippen LogP) is 4.49. The van der Waals surface area contributed by atoms with Crippen molar-refractivity contribution in [3.05, 3.63) is 72.9 Å². The normalized spacial score (nSPS) is 15.5. The van der Waals surface area contributed by atoms with Gasteiger partial charge in [0.05, 0.1) is 12.2 Å². The first-order valence-corrected chi connectivity index (χ1v) is 9.12. The SMILES string of the molecule is CCC=CCC(O)C=CC=CCCC=CC=CC=CC(O)CCC(=O)O. The molecule has 0 aliphatic carbocycles. The molecule has 4 heteroatoms. The number of aliphatic hydroxyl groups is 2.